The van der Waals surface area contributed by atoms with Gasteiger partial charge in [0.1, 0.15) is 4.83 Å². The first-order valence-electron chi connectivity index (χ1n) is 7.85. The lowest BCUT2D eigenvalue weighted by Crippen LogP contribution is -2.29. The summed E-state index contributed by atoms with van der Waals surface area (Å²) in [6.07, 6.45) is 0. The van der Waals surface area contributed by atoms with E-state index >= 15 is 0 Å². The number of halogens is 1. The van der Waals surface area contributed by atoms with Gasteiger partial charge < -0.3 is 5.84 Å². The lowest BCUT2D eigenvalue weighted by Gasteiger charge is -2.08. The van der Waals surface area contributed by atoms with Crippen molar-refractivity contribution in [3.05, 3.63) is 80.4 Å². The Morgan fingerprint density at radius 2 is 1.85 bits per heavy atom. The van der Waals surface area contributed by atoms with Gasteiger partial charge >= 0.3 is 0 Å². The van der Waals surface area contributed by atoms with E-state index < -0.39 is 0 Å². The van der Waals surface area contributed by atoms with Crippen molar-refractivity contribution in [1.82, 2.24) is 9.66 Å². The molecule has 7 heteroatoms. The van der Waals surface area contributed by atoms with Crippen LogP contribution < -0.4 is 11.4 Å². The standard InChI is InChI=1S/C19H14BrN3OS2/c20-14-8-6-12(7-9-14)10-26-19-22-17-16(18(24)23(19)21)15(11-25-17)13-4-2-1-3-5-13/h1-9,11H,10,21H2. The van der Waals surface area contributed by atoms with Gasteiger partial charge in [-0.05, 0) is 23.3 Å². The Kier molecular flexibility index (Phi) is 4.84. The molecular weight excluding hydrogens is 430 g/mol. The fraction of sp³-hybridized carbons (Fsp3) is 0.0526. The van der Waals surface area contributed by atoms with Gasteiger partial charge in [-0.2, -0.15) is 0 Å². The number of nitrogens with zero attached hydrogens (tertiary/aromatic N) is 2. The maximum absolute atomic E-state index is 12.8. The summed E-state index contributed by atoms with van der Waals surface area (Å²) >= 11 is 6.36. The maximum atomic E-state index is 12.8. The zero-order chi connectivity index (χ0) is 18.1. The van der Waals surface area contributed by atoms with E-state index in [1.165, 1.54) is 23.1 Å². The van der Waals surface area contributed by atoms with Crippen LogP contribution in [0.15, 0.2) is 74.4 Å². The number of fused-ring (bicyclic) bond motifs is 1. The molecular formula is C19H14BrN3OS2. The van der Waals surface area contributed by atoms with Crippen LogP contribution in [-0.4, -0.2) is 9.66 Å². The minimum absolute atomic E-state index is 0.214. The van der Waals surface area contributed by atoms with E-state index in [0.29, 0.717) is 21.1 Å². The van der Waals surface area contributed by atoms with E-state index in [9.17, 15) is 4.79 Å². The minimum Gasteiger partial charge on any atom is -0.334 e. The molecule has 26 heavy (non-hydrogen) atoms. The number of thioether (sulfide) groups is 1. The number of hydrogen-bond acceptors (Lipinski definition) is 5. The summed E-state index contributed by atoms with van der Waals surface area (Å²) < 4.78 is 2.19. The van der Waals surface area contributed by atoms with Crippen LogP contribution in [0.2, 0.25) is 0 Å². The second-order valence-electron chi connectivity index (χ2n) is 5.68. The highest BCUT2D eigenvalue weighted by atomic mass is 79.9. The first kappa shape index (κ1) is 17.3. The molecule has 0 aliphatic rings. The van der Waals surface area contributed by atoms with Crippen LogP contribution in [0.1, 0.15) is 5.56 Å². The average molecular weight is 444 g/mol. The molecule has 0 spiro atoms. The largest absolute Gasteiger partial charge is 0.334 e. The van der Waals surface area contributed by atoms with Crippen molar-refractivity contribution in [2.75, 3.05) is 5.84 Å². The third kappa shape index (κ3) is 3.30. The number of nitrogens with two attached hydrogens (primary N) is 1. The molecule has 4 rings (SSSR count). The molecule has 0 aliphatic heterocycles. The highest BCUT2D eigenvalue weighted by Crippen LogP contribution is 2.32. The Balaban J connectivity index is 1.71. The van der Waals surface area contributed by atoms with Crippen LogP contribution in [0.4, 0.5) is 0 Å². The second-order valence-corrected chi connectivity index (χ2v) is 8.40. The van der Waals surface area contributed by atoms with Gasteiger partial charge in [0, 0.05) is 21.2 Å². The Morgan fingerprint density at radius 1 is 1.12 bits per heavy atom. The average Bonchev–Trinajstić information content (AvgIpc) is 3.09. The summed E-state index contributed by atoms with van der Waals surface area (Å²) in [5.41, 5.74) is 2.80. The number of thiophene rings is 1. The normalized spacial score (nSPS) is 11.1. The molecule has 0 unspecified atom stereocenters. The summed E-state index contributed by atoms with van der Waals surface area (Å²) in [6, 6.07) is 17.9. The number of benzene rings is 2. The number of aromatic nitrogens is 2. The fourth-order valence-electron chi connectivity index (χ4n) is 2.65. The van der Waals surface area contributed by atoms with Gasteiger partial charge in [0.25, 0.3) is 5.56 Å². The molecule has 2 heterocycles. The molecule has 2 N–H and O–H groups in total. The van der Waals surface area contributed by atoms with Gasteiger partial charge in [-0.15, -0.1) is 11.3 Å². The van der Waals surface area contributed by atoms with E-state index in [-0.39, 0.29) is 5.56 Å². The van der Waals surface area contributed by atoms with Crippen molar-refractivity contribution in [1.29, 1.82) is 0 Å². The Hall–Kier alpha value is -2.09. The van der Waals surface area contributed by atoms with Gasteiger partial charge in [0.2, 0.25) is 0 Å². The fourth-order valence-corrected chi connectivity index (χ4v) is 4.77. The van der Waals surface area contributed by atoms with Gasteiger partial charge in [-0.3, -0.25) is 4.79 Å². The number of rotatable bonds is 4. The van der Waals surface area contributed by atoms with Crippen LogP contribution in [0, 0.1) is 0 Å². The maximum Gasteiger partial charge on any atom is 0.282 e. The molecule has 4 aromatic rings. The number of hydrogen-bond donors (Lipinski definition) is 1. The zero-order valence-electron chi connectivity index (χ0n) is 13.6. The Bertz CT molecular complexity index is 1120. The summed E-state index contributed by atoms with van der Waals surface area (Å²) in [5.74, 6) is 6.75. The molecule has 0 saturated carbocycles. The van der Waals surface area contributed by atoms with Gasteiger partial charge in [0.15, 0.2) is 5.16 Å². The summed E-state index contributed by atoms with van der Waals surface area (Å²) in [6.45, 7) is 0. The lowest BCUT2D eigenvalue weighted by molar-refractivity contribution is 0.782. The molecule has 0 aliphatic carbocycles. The third-order valence-corrected chi connectivity index (χ3v) is 6.40. The highest BCUT2D eigenvalue weighted by molar-refractivity contribution is 9.10. The highest BCUT2D eigenvalue weighted by Gasteiger charge is 2.16. The summed E-state index contributed by atoms with van der Waals surface area (Å²) in [7, 11) is 0. The lowest BCUT2D eigenvalue weighted by atomic mass is 10.1. The van der Waals surface area contributed by atoms with Crippen molar-refractivity contribution >= 4 is 49.2 Å². The summed E-state index contributed by atoms with van der Waals surface area (Å²) in [4.78, 5) is 18.2. The Labute approximate surface area is 166 Å². The SMILES string of the molecule is Nn1c(SCc2ccc(Br)cc2)nc2scc(-c3ccccc3)c2c1=O. The summed E-state index contributed by atoms with van der Waals surface area (Å²) in [5, 5.41) is 3.07. The first-order chi connectivity index (χ1) is 12.6. The van der Waals surface area contributed by atoms with Crippen molar-refractivity contribution < 1.29 is 0 Å². The predicted molar refractivity (Wildman–Crippen MR) is 113 cm³/mol. The zero-order valence-corrected chi connectivity index (χ0v) is 16.8. The Morgan fingerprint density at radius 3 is 2.58 bits per heavy atom. The van der Waals surface area contributed by atoms with Crippen LogP contribution in [0.5, 0.6) is 0 Å². The van der Waals surface area contributed by atoms with Crippen LogP contribution >= 0.6 is 39.0 Å². The second kappa shape index (κ2) is 7.26. The van der Waals surface area contributed by atoms with E-state index in [1.54, 1.807) is 0 Å². The van der Waals surface area contributed by atoms with Gasteiger partial charge in [-0.25, -0.2) is 9.66 Å². The van der Waals surface area contributed by atoms with Gasteiger partial charge in [0.05, 0.1) is 5.39 Å². The molecule has 0 amide bonds. The molecule has 0 radical (unpaired) electrons. The van der Waals surface area contributed by atoms with Crippen LogP contribution in [0.3, 0.4) is 0 Å². The smallest absolute Gasteiger partial charge is 0.282 e. The molecule has 0 saturated heterocycles. The van der Waals surface area contributed by atoms with E-state index in [1.807, 2.05) is 60.0 Å². The van der Waals surface area contributed by atoms with E-state index in [4.69, 9.17) is 5.84 Å². The van der Waals surface area contributed by atoms with Crippen molar-refractivity contribution in [3.8, 4) is 11.1 Å². The number of nitrogen functional groups attached to an aromatic ring is 1. The minimum atomic E-state index is -0.214. The van der Waals surface area contributed by atoms with E-state index in [2.05, 4.69) is 20.9 Å². The van der Waals surface area contributed by atoms with E-state index in [0.717, 1.165) is 25.8 Å². The predicted octanol–water partition coefficient (Wildman–Crippen LogP) is 4.89. The molecule has 0 atom stereocenters. The molecule has 2 aromatic heterocycles. The van der Waals surface area contributed by atoms with Crippen molar-refractivity contribution in [3.63, 3.8) is 0 Å². The van der Waals surface area contributed by atoms with Gasteiger partial charge in [-0.1, -0.05) is 70.2 Å². The van der Waals surface area contributed by atoms with Crippen LogP contribution in [-0.2, 0) is 5.75 Å². The topological polar surface area (TPSA) is 60.9 Å². The third-order valence-electron chi connectivity index (χ3n) is 3.97. The van der Waals surface area contributed by atoms with Crippen molar-refractivity contribution in [2.24, 2.45) is 0 Å². The molecule has 130 valence electrons. The molecule has 2 aromatic carbocycles. The molecule has 0 fully saturated rings. The monoisotopic (exact) mass is 443 g/mol. The molecule has 4 nitrogen and oxygen atoms in total. The molecule has 0 bridgehead atoms. The first-order valence-corrected chi connectivity index (χ1v) is 10.5. The van der Waals surface area contributed by atoms with Crippen LogP contribution in [0.25, 0.3) is 21.3 Å². The van der Waals surface area contributed by atoms with Crippen molar-refractivity contribution in [2.45, 2.75) is 10.9 Å². The quantitative estimate of drug-likeness (QED) is 0.277.